The van der Waals surface area contributed by atoms with Gasteiger partial charge in [0.1, 0.15) is 6.04 Å². The van der Waals surface area contributed by atoms with Crippen LogP contribution < -0.4 is 15.5 Å². The first kappa shape index (κ1) is 24.5. The zero-order valence-corrected chi connectivity index (χ0v) is 21.8. The molecule has 1 aromatic carbocycles. The molecule has 0 bridgehead atoms. The van der Waals surface area contributed by atoms with Crippen LogP contribution in [0, 0.1) is 12.8 Å². The molecule has 2 aromatic heterocycles. The fraction of sp³-hybridized carbons (Fsp3) is 0.393. The van der Waals surface area contributed by atoms with E-state index < -0.39 is 0 Å². The molecule has 3 atom stereocenters. The van der Waals surface area contributed by atoms with Crippen molar-refractivity contribution in [2.75, 3.05) is 16.8 Å². The SMILES string of the molecule is Cc1cc(N2C(=S)N[C@H](c3ccccn3)[C@@H]2c2cccn2C[C@@H]2CCCO2)ccc1NC(=O)C(C)C. The van der Waals surface area contributed by atoms with Crippen LogP contribution in [0.5, 0.6) is 0 Å². The number of anilines is 2. The van der Waals surface area contributed by atoms with Crippen LogP contribution in [0.4, 0.5) is 11.4 Å². The van der Waals surface area contributed by atoms with Gasteiger partial charge in [0.2, 0.25) is 5.91 Å². The number of aryl methyl sites for hydroxylation is 1. The number of nitrogens with one attached hydrogen (secondary N) is 2. The molecule has 2 N–H and O–H groups in total. The zero-order valence-electron chi connectivity index (χ0n) is 21.0. The Hall–Kier alpha value is -3.23. The molecule has 188 valence electrons. The van der Waals surface area contributed by atoms with E-state index in [1.54, 1.807) is 0 Å². The second-order valence-corrected chi connectivity index (χ2v) is 10.2. The summed E-state index contributed by atoms with van der Waals surface area (Å²) in [6.07, 6.45) is 6.36. The highest BCUT2D eigenvalue weighted by molar-refractivity contribution is 7.80. The number of benzene rings is 1. The lowest BCUT2D eigenvalue weighted by Gasteiger charge is -2.30. The van der Waals surface area contributed by atoms with Gasteiger partial charge in [-0.15, -0.1) is 0 Å². The molecule has 2 fully saturated rings. The van der Waals surface area contributed by atoms with E-state index in [2.05, 4.69) is 49.5 Å². The van der Waals surface area contributed by atoms with Gasteiger partial charge >= 0.3 is 0 Å². The van der Waals surface area contributed by atoms with Crippen LogP contribution in [0.2, 0.25) is 0 Å². The summed E-state index contributed by atoms with van der Waals surface area (Å²) in [4.78, 5) is 19.1. The van der Waals surface area contributed by atoms with E-state index in [-0.39, 0.29) is 30.0 Å². The van der Waals surface area contributed by atoms with E-state index in [0.717, 1.165) is 54.3 Å². The fourth-order valence-electron chi connectivity index (χ4n) is 5.02. The second-order valence-electron chi connectivity index (χ2n) is 9.86. The number of carbonyl (C=O) groups excluding carboxylic acids is 1. The van der Waals surface area contributed by atoms with Gasteiger partial charge in [-0.2, -0.15) is 0 Å². The molecule has 4 heterocycles. The molecule has 0 radical (unpaired) electrons. The van der Waals surface area contributed by atoms with E-state index >= 15 is 0 Å². The largest absolute Gasteiger partial charge is 0.376 e. The molecule has 5 rings (SSSR count). The van der Waals surface area contributed by atoms with Crippen molar-refractivity contribution in [1.29, 1.82) is 0 Å². The van der Waals surface area contributed by atoms with E-state index in [1.807, 2.05) is 57.3 Å². The van der Waals surface area contributed by atoms with Gasteiger partial charge in [0.25, 0.3) is 0 Å². The first-order chi connectivity index (χ1) is 17.4. The minimum atomic E-state index is -0.113. The third kappa shape index (κ3) is 4.88. The van der Waals surface area contributed by atoms with Crippen LogP contribution in [-0.2, 0) is 16.1 Å². The van der Waals surface area contributed by atoms with Crippen LogP contribution in [0.15, 0.2) is 60.9 Å². The maximum Gasteiger partial charge on any atom is 0.226 e. The minimum Gasteiger partial charge on any atom is -0.376 e. The third-order valence-electron chi connectivity index (χ3n) is 6.96. The maximum atomic E-state index is 12.3. The Morgan fingerprint density at radius 1 is 1.25 bits per heavy atom. The van der Waals surface area contributed by atoms with Crippen LogP contribution in [-0.4, -0.2) is 33.3 Å². The number of carbonyl (C=O) groups is 1. The average Bonchev–Trinajstić information content (AvgIpc) is 3.61. The lowest BCUT2D eigenvalue weighted by molar-refractivity contribution is -0.118. The second kappa shape index (κ2) is 10.4. The predicted octanol–water partition coefficient (Wildman–Crippen LogP) is 5.14. The summed E-state index contributed by atoms with van der Waals surface area (Å²) < 4.78 is 8.24. The Balaban J connectivity index is 1.53. The zero-order chi connectivity index (χ0) is 25.2. The summed E-state index contributed by atoms with van der Waals surface area (Å²) in [5.41, 5.74) is 4.87. The number of thiocarbonyl (C=S) groups is 1. The molecule has 0 aliphatic carbocycles. The Morgan fingerprint density at radius 3 is 2.81 bits per heavy atom. The van der Waals surface area contributed by atoms with Crippen molar-refractivity contribution in [1.82, 2.24) is 14.9 Å². The number of amides is 1. The lowest BCUT2D eigenvalue weighted by Crippen LogP contribution is -2.31. The number of ether oxygens (including phenoxy) is 1. The maximum absolute atomic E-state index is 12.3. The lowest BCUT2D eigenvalue weighted by atomic mass is 10.00. The highest BCUT2D eigenvalue weighted by Gasteiger charge is 2.42. The molecule has 36 heavy (non-hydrogen) atoms. The highest BCUT2D eigenvalue weighted by atomic mass is 32.1. The average molecular weight is 504 g/mol. The molecule has 1 amide bonds. The summed E-state index contributed by atoms with van der Waals surface area (Å²) in [5.74, 6) is -0.0798. The summed E-state index contributed by atoms with van der Waals surface area (Å²) in [6, 6.07) is 16.1. The van der Waals surface area contributed by atoms with Gasteiger partial charge in [0, 0.05) is 48.5 Å². The molecule has 8 heteroatoms. The quantitative estimate of drug-likeness (QED) is 0.435. The van der Waals surface area contributed by atoms with Gasteiger partial charge in [-0.3, -0.25) is 9.78 Å². The molecule has 2 saturated heterocycles. The number of hydrogen-bond acceptors (Lipinski definition) is 4. The minimum absolute atomic E-state index is 0.00395. The van der Waals surface area contributed by atoms with Gasteiger partial charge in [-0.05, 0) is 80.0 Å². The van der Waals surface area contributed by atoms with Gasteiger partial charge < -0.3 is 24.8 Å². The summed E-state index contributed by atoms with van der Waals surface area (Å²) >= 11 is 5.90. The Labute approximate surface area is 217 Å². The van der Waals surface area contributed by atoms with Crippen molar-refractivity contribution in [3.8, 4) is 0 Å². The van der Waals surface area contributed by atoms with Crippen molar-refractivity contribution < 1.29 is 9.53 Å². The first-order valence-electron chi connectivity index (χ1n) is 12.6. The van der Waals surface area contributed by atoms with Gasteiger partial charge in [0.15, 0.2) is 5.11 Å². The summed E-state index contributed by atoms with van der Waals surface area (Å²) in [6.45, 7) is 7.44. The molecule has 2 aliphatic rings. The van der Waals surface area contributed by atoms with Crippen LogP contribution in [0.3, 0.4) is 0 Å². The van der Waals surface area contributed by atoms with E-state index in [4.69, 9.17) is 17.0 Å². The Bertz CT molecular complexity index is 1240. The first-order valence-corrected chi connectivity index (χ1v) is 13.0. The fourth-order valence-corrected chi connectivity index (χ4v) is 5.36. The van der Waals surface area contributed by atoms with Gasteiger partial charge in [-0.1, -0.05) is 19.9 Å². The Morgan fingerprint density at radius 2 is 2.11 bits per heavy atom. The van der Waals surface area contributed by atoms with Crippen LogP contribution >= 0.6 is 12.2 Å². The molecule has 3 aromatic rings. The number of nitrogens with zero attached hydrogens (tertiary/aromatic N) is 3. The van der Waals surface area contributed by atoms with Crippen molar-refractivity contribution in [2.45, 2.75) is 58.3 Å². The highest BCUT2D eigenvalue weighted by Crippen LogP contribution is 2.42. The van der Waals surface area contributed by atoms with Crippen molar-refractivity contribution in [3.05, 3.63) is 77.9 Å². The summed E-state index contributed by atoms with van der Waals surface area (Å²) in [5, 5.41) is 7.22. The number of rotatable bonds is 7. The van der Waals surface area contributed by atoms with Crippen LogP contribution in [0.1, 0.15) is 55.7 Å². The normalized spacial score (nSPS) is 21.7. The Kier molecular flexibility index (Phi) is 7.07. The molecular formula is C28H33N5O2S. The number of hydrogen-bond donors (Lipinski definition) is 2. The monoisotopic (exact) mass is 503 g/mol. The molecule has 7 nitrogen and oxygen atoms in total. The predicted molar refractivity (Wildman–Crippen MR) is 146 cm³/mol. The van der Waals surface area contributed by atoms with Gasteiger partial charge in [-0.25, -0.2) is 0 Å². The van der Waals surface area contributed by atoms with Crippen molar-refractivity contribution in [3.63, 3.8) is 0 Å². The molecule has 0 unspecified atom stereocenters. The number of aromatic nitrogens is 2. The third-order valence-corrected chi connectivity index (χ3v) is 7.28. The summed E-state index contributed by atoms with van der Waals surface area (Å²) in [7, 11) is 0. The van der Waals surface area contributed by atoms with Crippen LogP contribution in [0.25, 0.3) is 0 Å². The molecule has 0 saturated carbocycles. The molecule has 2 aliphatic heterocycles. The molecular weight excluding hydrogens is 470 g/mol. The van der Waals surface area contributed by atoms with E-state index in [1.165, 1.54) is 0 Å². The topological polar surface area (TPSA) is 71.4 Å². The smallest absolute Gasteiger partial charge is 0.226 e. The van der Waals surface area contributed by atoms with E-state index in [9.17, 15) is 4.79 Å². The van der Waals surface area contributed by atoms with Gasteiger partial charge in [0.05, 0.1) is 17.8 Å². The molecule has 0 spiro atoms. The van der Waals surface area contributed by atoms with Crippen molar-refractivity contribution >= 4 is 34.6 Å². The van der Waals surface area contributed by atoms with E-state index in [0.29, 0.717) is 5.11 Å². The van der Waals surface area contributed by atoms with Crippen molar-refractivity contribution in [2.24, 2.45) is 5.92 Å². The number of pyridine rings is 1. The standard InChI is InChI=1S/C28H33N5O2S/c1-18(2)27(34)30-22-12-11-20(16-19(22)3)33-26(25(31-28(33)36)23-9-4-5-13-29-23)24-10-6-14-32(24)17-21-8-7-15-35-21/h4-6,9-14,16,18,21,25-26H,7-8,15,17H2,1-3H3,(H,30,34)(H,31,36)/t21-,25+,26-/m0/s1.